The zero-order valence-electron chi connectivity index (χ0n) is 9.56. The Hall–Kier alpha value is -1.27. The molecule has 1 aliphatic rings. The van der Waals surface area contributed by atoms with Crippen molar-refractivity contribution in [1.82, 2.24) is 9.97 Å². The molecule has 0 bridgehead atoms. The highest BCUT2D eigenvalue weighted by atomic mass is 32.1. The van der Waals surface area contributed by atoms with E-state index in [1.165, 1.54) is 6.42 Å². The van der Waals surface area contributed by atoms with Gasteiger partial charge in [-0.2, -0.15) is 0 Å². The molecule has 1 aromatic heterocycles. The summed E-state index contributed by atoms with van der Waals surface area (Å²) < 4.78 is 5.42. The van der Waals surface area contributed by atoms with Crippen molar-refractivity contribution in [3.8, 4) is 0 Å². The molecule has 0 aliphatic carbocycles. The predicted octanol–water partition coefficient (Wildman–Crippen LogP) is 0.949. The van der Waals surface area contributed by atoms with Gasteiger partial charge in [0, 0.05) is 25.5 Å². The van der Waals surface area contributed by atoms with Gasteiger partial charge >= 0.3 is 0 Å². The van der Waals surface area contributed by atoms with Gasteiger partial charge < -0.3 is 15.8 Å². The van der Waals surface area contributed by atoms with Crippen molar-refractivity contribution >= 4 is 23.0 Å². The summed E-state index contributed by atoms with van der Waals surface area (Å²) in [6, 6.07) is 0. The number of anilines is 1. The fourth-order valence-corrected chi connectivity index (χ4v) is 2.01. The van der Waals surface area contributed by atoms with E-state index in [1.54, 1.807) is 12.4 Å². The van der Waals surface area contributed by atoms with Crippen LogP contribution >= 0.6 is 12.2 Å². The lowest BCUT2D eigenvalue weighted by Gasteiger charge is -2.22. The van der Waals surface area contributed by atoms with Gasteiger partial charge in [0.15, 0.2) is 5.82 Å². The summed E-state index contributed by atoms with van der Waals surface area (Å²) in [5, 5.41) is 3.24. The van der Waals surface area contributed by atoms with Gasteiger partial charge in [0.05, 0.1) is 6.61 Å². The highest BCUT2D eigenvalue weighted by Gasteiger charge is 2.15. The van der Waals surface area contributed by atoms with Gasteiger partial charge in [-0.25, -0.2) is 9.97 Å². The summed E-state index contributed by atoms with van der Waals surface area (Å²) in [5.74, 6) is 1.18. The minimum atomic E-state index is 0.264. The van der Waals surface area contributed by atoms with Crippen LogP contribution in [0, 0.1) is 5.92 Å². The molecule has 2 heterocycles. The van der Waals surface area contributed by atoms with Crippen molar-refractivity contribution in [2.24, 2.45) is 11.7 Å². The van der Waals surface area contributed by atoms with Gasteiger partial charge in [0.25, 0.3) is 0 Å². The van der Waals surface area contributed by atoms with E-state index in [-0.39, 0.29) is 4.99 Å². The Bertz CT molecular complexity index is 393. The van der Waals surface area contributed by atoms with Crippen LogP contribution in [0.25, 0.3) is 0 Å². The van der Waals surface area contributed by atoms with E-state index in [1.807, 2.05) is 0 Å². The second kappa shape index (κ2) is 5.88. The number of hydrogen-bond donors (Lipinski definition) is 2. The summed E-state index contributed by atoms with van der Waals surface area (Å²) in [5.41, 5.74) is 6.14. The van der Waals surface area contributed by atoms with Crippen LogP contribution < -0.4 is 11.1 Å². The van der Waals surface area contributed by atoms with Crippen molar-refractivity contribution in [2.45, 2.75) is 12.8 Å². The lowest BCUT2D eigenvalue weighted by Crippen LogP contribution is -2.26. The molecule has 6 heteroatoms. The summed E-state index contributed by atoms with van der Waals surface area (Å²) in [4.78, 5) is 8.59. The number of thiocarbonyl (C=S) groups is 1. The molecule has 0 radical (unpaired) electrons. The second-order valence-electron chi connectivity index (χ2n) is 4.08. The Morgan fingerprint density at radius 1 is 1.53 bits per heavy atom. The standard InChI is InChI=1S/C11H16N4OS/c12-10(17)9-11(14-4-3-13-9)15-6-8-2-1-5-16-7-8/h3-4,8H,1-2,5-7H2,(H2,12,17)(H,14,15). The van der Waals surface area contributed by atoms with Crippen LogP contribution in [0.1, 0.15) is 18.5 Å². The number of nitrogens with two attached hydrogens (primary N) is 1. The third-order valence-corrected chi connectivity index (χ3v) is 2.94. The molecule has 0 aromatic carbocycles. The van der Waals surface area contributed by atoms with Gasteiger partial charge in [-0.3, -0.25) is 0 Å². The first-order valence-corrected chi connectivity index (χ1v) is 6.10. The van der Waals surface area contributed by atoms with Crippen LogP contribution in [0.2, 0.25) is 0 Å². The van der Waals surface area contributed by atoms with E-state index >= 15 is 0 Å². The Balaban J connectivity index is 1.96. The maximum Gasteiger partial charge on any atom is 0.155 e. The SMILES string of the molecule is NC(=S)c1nccnc1NCC1CCCOC1. The summed E-state index contributed by atoms with van der Waals surface area (Å²) >= 11 is 4.93. The van der Waals surface area contributed by atoms with Crippen LogP contribution in [0.3, 0.4) is 0 Å². The van der Waals surface area contributed by atoms with Crippen LogP contribution in [0.4, 0.5) is 5.82 Å². The van der Waals surface area contributed by atoms with Crippen molar-refractivity contribution in [3.05, 3.63) is 18.1 Å². The molecular formula is C11H16N4OS. The smallest absolute Gasteiger partial charge is 0.155 e. The van der Waals surface area contributed by atoms with Gasteiger partial charge in [0.1, 0.15) is 10.7 Å². The Kier molecular flexibility index (Phi) is 4.22. The maximum atomic E-state index is 5.59. The predicted molar refractivity (Wildman–Crippen MR) is 70.0 cm³/mol. The van der Waals surface area contributed by atoms with Crippen molar-refractivity contribution < 1.29 is 4.74 Å². The molecule has 2 rings (SSSR count). The van der Waals surface area contributed by atoms with Gasteiger partial charge in [-0.05, 0) is 18.8 Å². The Morgan fingerprint density at radius 2 is 2.35 bits per heavy atom. The van der Waals surface area contributed by atoms with Gasteiger partial charge in [-0.15, -0.1) is 0 Å². The zero-order valence-corrected chi connectivity index (χ0v) is 10.4. The first-order valence-electron chi connectivity index (χ1n) is 5.70. The topological polar surface area (TPSA) is 73.1 Å². The van der Waals surface area contributed by atoms with E-state index in [0.29, 0.717) is 17.4 Å². The van der Waals surface area contributed by atoms with E-state index in [0.717, 1.165) is 26.2 Å². The van der Waals surface area contributed by atoms with Gasteiger partial charge in [-0.1, -0.05) is 12.2 Å². The molecule has 92 valence electrons. The number of nitrogens with one attached hydrogen (secondary N) is 1. The van der Waals surface area contributed by atoms with Crippen molar-refractivity contribution in [3.63, 3.8) is 0 Å². The quantitative estimate of drug-likeness (QED) is 0.777. The number of aromatic nitrogens is 2. The molecule has 1 saturated heterocycles. The van der Waals surface area contributed by atoms with Gasteiger partial charge in [0.2, 0.25) is 0 Å². The van der Waals surface area contributed by atoms with Crippen LogP contribution in [-0.2, 0) is 4.74 Å². The maximum absolute atomic E-state index is 5.59. The lowest BCUT2D eigenvalue weighted by molar-refractivity contribution is 0.0595. The molecule has 1 fully saturated rings. The Morgan fingerprint density at radius 3 is 3.06 bits per heavy atom. The van der Waals surface area contributed by atoms with Crippen LogP contribution in [-0.4, -0.2) is 34.7 Å². The molecule has 0 spiro atoms. The third kappa shape index (κ3) is 3.34. The lowest BCUT2D eigenvalue weighted by atomic mass is 10.0. The minimum Gasteiger partial charge on any atom is -0.388 e. The summed E-state index contributed by atoms with van der Waals surface area (Å²) in [6.07, 6.45) is 5.51. The molecule has 1 aliphatic heterocycles. The molecule has 1 aromatic rings. The number of ether oxygens (including phenoxy) is 1. The molecule has 1 unspecified atom stereocenters. The fraction of sp³-hybridized carbons (Fsp3) is 0.545. The average molecular weight is 252 g/mol. The van der Waals surface area contributed by atoms with E-state index in [2.05, 4.69) is 15.3 Å². The van der Waals surface area contributed by atoms with Crippen LogP contribution in [0.5, 0.6) is 0 Å². The first-order chi connectivity index (χ1) is 8.27. The highest BCUT2D eigenvalue weighted by molar-refractivity contribution is 7.80. The minimum absolute atomic E-state index is 0.264. The fourth-order valence-electron chi connectivity index (χ4n) is 1.86. The van der Waals surface area contributed by atoms with E-state index in [4.69, 9.17) is 22.7 Å². The van der Waals surface area contributed by atoms with Crippen molar-refractivity contribution in [1.29, 1.82) is 0 Å². The van der Waals surface area contributed by atoms with E-state index < -0.39 is 0 Å². The van der Waals surface area contributed by atoms with Crippen molar-refractivity contribution in [2.75, 3.05) is 25.1 Å². The normalized spacial score (nSPS) is 19.9. The van der Waals surface area contributed by atoms with Crippen LogP contribution in [0.15, 0.2) is 12.4 Å². The molecular weight excluding hydrogens is 236 g/mol. The molecule has 17 heavy (non-hydrogen) atoms. The van der Waals surface area contributed by atoms with E-state index in [9.17, 15) is 0 Å². The molecule has 3 N–H and O–H groups in total. The molecule has 5 nitrogen and oxygen atoms in total. The number of rotatable bonds is 4. The molecule has 0 saturated carbocycles. The highest BCUT2D eigenvalue weighted by Crippen LogP contribution is 2.15. The zero-order chi connectivity index (χ0) is 12.1. The summed E-state index contributed by atoms with van der Waals surface area (Å²) in [7, 11) is 0. The number of hydrogen-bond acceptors (Lipinski definition) is 5. The number of nitrogens with zero attached hydrogens (tertiary/aromatic N) is 2. The summed E-state index contributed by atoms with van der Waals surface area (Å²) in [6.45, 7) is 2.49. The molecule has 0 amide bonds. The molecule has 1 atom stereocenters. The largest absolute Gasteiger partial charge is 0.388 e. The second-order valence-corrected chi connectivity index (χ2v) is 4.52. The monoisotopic (exact) mass is 252 g/mol. The average Bonchev–Trinajstić information content (AvgIpc) is 2.38. The Labute approximate surface area is 106 Å². The third-order valence-electron chi connectivity index (χ3n) is 2.74. The first kappa shape index (κ1) is 12.2.